The highest BCUT2D eigenvalue weighted by molar-refractivity contribution is 9.10. The van der Waals surface area contributed by atoms with Crippen molar-refractivity contribution < 1.29 is 8.91 Å². The lowest BCUT2D eigenvalue weighted by atomic mass is 10.3. The number of hydrogen-bond acceptors (Lipinski definition) is 3. The molecule has 0 spiro atoms. The molecule has 1 aromatic carbocycles. The number of aromatic nitrogens is 2. The van der Waals surface area contributed by atoms with Crippen molar-refractivity contribution in [3.63, 3.8) is 0 Å². The monoisotopic (exact) mass is 258 g/mol. The predicted octanol–water partition coefficient (Wildman–Crippen LogP) is 1.73. The highest BCUT2D eigenvalue weighted by atomic mass is 79.9. The lowest BCUT2D eigenvalue weighted by Gasteiger charge is -1.99. The lowest BCUT2D eigenvalue weighted by Crippen LogP contribution is -2.10. The molecule has 1 heterocycles. The maximum atomic E-state index is 12.9. The van der Waals surface area contributed by atoms with Crippen molar-refractivity contribution in [2.45, 2.75) is 0 Å². The molecule has 0 saturated carbocycles. The zero-order valence-electron chi connectivity index (χ0n) is 6.78. The molecule has 6 heteroatoms. The van der Waals surface area contributed by atoms with Gasteiger partial charge in [0.2, 0.25) is 0 Å². The van der Waals surface area contributed by atoms with E-state index in [1.165, 1.54) is 29.1 Å². The summed E-state index contributed by atoms with van der Waals surface area (Å²) in [5.41, 5.74) is 0.490. The van der Waals surface area contributed by atoms with Crippen molar-refractivity contribution in [1.82, 2.24) is 9.72 Å². The summed E-state index contributed by atoms with van der Waals surface area (Å²) >= 11 is 3.01. The molecule has 0 bridgehead atoms. The van der Waals surface area contributed by atoms with Gasteiger partial charge >= 0.3 is 5.76 Å². The zero-order chi connectivity index (χ0) is 10.1. The van der Waals surface area contributed by atoms with E-state index in [-0.39, 0.29) is 4.47 Å². The summed E-state index contributed by atoms with van der Waals surface area (Å²) in [6.07, 6.45) is 1.22. The number of rotatable bonds is 1. The normalized spacial score (nSPS) is 10.4. The van der Waals surface area contributed by atoms with Gasteiger partial charge in [0, 0.05) is 0 Å². The molecular weight excluding hydrogens is 255 g/mol. The summed E-state index contributed by atoms with van der Waals surface area (Å²) in [5.74, 6) is -0.998. The van der Waals surface area contributed by atoms with E-state index in [9.17, 15) is 9.18 Å². The first-order valence-electron chi connectivity index (χ1n) is 3.67. The van der Waals surface area contributed by atoms with Crippen LogP contribution in [0.1, 0.15) is 0 Å². The van der Waals surface area contributed by atoms with Crippen LogP contribution in [0.2, 0.25) is 0 Å². The highest BCUT2D eigenvalue weighted by Crippen LogP contribution is 2.18. The summed E-state index contributed by atoms with van der Waals surface area (Å²) in [5, 5.41) is 3.32. The van der Waals surface area contributed by atoms with Crippen molar-refractivity contribution in [2.24, 2.45) is 0 Å². The van der Waals surface area contributed by atoms with Gasteiger partial charge in [0.05, 0.1) is 10.2 Å². The van der Waals surface area contributed by atoms with Gasteiger partial charge in [0.15, 0.2) is 0 Å². The average molecular weight is 259 g/mol. The number of halogens is 2. The minimum Gasteiger partial charge on any atom is -0.296 e. The Hall–Kier alpha value is -1.43. The molecule has 0 aliphatic rings. The van der Waals surface area contributed by atoms with Crippen LogP contribution in [0.15, 0.2) is 38.3 Å². The van der Waals surface area contributed by atoms with E-state index in [2.05, 4.69) is 25.6 Å². The second kappa shape index (κ2) is 3.38. The standard InChI is InChI=1S/C8H4BrFN2O2/c9-6-3-5(1-2-7(6)10)12-4-11-14-8(12)13/h1-4H. The Bertz CT molecular complexity index is 520. The van der Waals surface area contributed by atoms with E-state index in [4.69, 9.17) is 0 Å². The van der Waals surface area contributed by atoms with Gasteiger partial charge in [0.1, 0.15) is 12.1 Å². The molecule has 0 atom stereocenters. The number of nitrogens with zero attached hydrogens (tertiary/aromatic N) is 2. The minimum absolute atomic E-state index is 0.281. The second-order valence-electron chi connectivity index (χ2n) is 2.55. The summed E-state index contributed by atoms with van der Waals surface area (Å²) < 4.78 is 18.7. The van der Waals surface area contributed by atoms with E-state index in [0.29, 0.717) is 5.69 Å². The fourth-order valence-corrected chi connectivity index (χ4v) is 1.38. The van der Waals surface area contributed by atoms with Crippen molar-refractivity contribution in [3.05, 3.63) is 45.4 Å². The Balaban J connectivity index is 2.59. The molecule has 0 radical (unpaired) electrons. The smallest absolute Gasteiger partial charge is 0.296 e. The number of benzene rings is 1. The van der Waals surface area contributed by atoms with E-state index < -0.39 is 11.6 Å². The van der Waals surface area contributed by atoms with Crippen LogP contribution in [0.3, 0.4) is 0 Å². The van der Waals surface area contributed by atoms with E-state index in [1.54, 1.807) is 0 Å². The van der Waals surface area contributed by atoms with Gasteiger partial charge < -0.3 is 0 Å². The first kappa shape index (κ1) is 9.14. The SMILES string of the molecule is O=c1oncn1-c1ccc(F)c(Br)c1. The van der Waals surface area contributed by atoms with Crippen LogP contribution in [-0.2, 0) is 0 Å². The molecule has 2 rings (SSSR count). The van der Waals surface area contributed by atoms with Gasteiger partial charge in [-0.15, -0.1) is 0 Å². The maximum Gasteiger partial charge on any atom is 0.446 e. The Morgan fingerprint density at radius 1 is 1.50 bits per heavy atom. The molecule has 0 aliphatic heterocycles. The third-order valence-corrected chi connectivity index (χ3v) is 2.28. The van der Waals surface area contributed by atoms with Gasteiger partial charge in [0.25, 0.3) is 0 Å². The summed E-state index contributed by atoms with van der Waals surface area (Å²) in [4.78, 5) is 11.0. The molecule has 0 aliphatic carbocycles. The van der Waals surface area contributed by atoms with E-state index in [0.717, 1.165) is 0 Å². The van der Waals surface area contributed by atoms with Gasteiger partial charge in [-0.1, -0.05) is 5.16 Å². The molecule has 0 N–H and O–H groups in total. The number of hydrogen-bond donors (Lipinski definition) is 0. The fraction of sp³-hybridized carbons (Fsp3) is 0. The van der Waals surface area contributed by atoms with Gasteiger partial charge in [-0.3, -0.25) is 4.52 Å². The molecule has 0 fully saturated rings. The highest BCUT2D eigenvalue weighted by Gasteiger charge is 2.05. The Kier molecular flexibility index (Phi) is 2.20. The summed E-state index contributed by atoms with van der Waals surface area (Å²) in [6.45, 7) is 0. The predicted molar refractivity (Wildman–Crippen MR) is 49.8 cm³/mol. The van der Waals surface area contributed by atoms with Gasteiger partial charge in [-0.25, -0.2) is 13.8 Å². The first-order chi connectivity index (χ1) is 6.68. The van der Waals surface area contributed by atoms with Crippen LogP contribution in [-0.4, -0.2) is 9.72 Å². The largest absolute Gasteiger partial charge is 0.446 e. The average Bonchev–Trinajstić information content (AvgIpc) is 2.57. The maximum absolute atomic E-state index is 12.9. The molecular formula is C8H4BrFN2O2. The van der Waals surface area contributed by atoms with Crippen LogP contribution in [0.4, 0.5) is 4.39 Å². The van der Waals surface area contributed by atoms with Crippen LogP contribution >= 0.6 is 15.9 Å². The molecule has 1 aromatic heterocycles. The second-order valence-corrected chi connectivity index (χ2v) is 3.40. The topological polar surface area (TPSA) is 48.0 Å². The molecule has 4 nitrogen and oxygen atoms in total. The summed E-state index contributed by atoms with van der Waals surface area (Å²) in [6, 6.07) is 4.17. The molecule has 0 unspecified atom stereocenters. The fourth-order valence-electron chi connectivity index (χ4n) is 1.01. The lowest BCUT2D eigenvalue weighted by molar-refractivity contribution is 0.382. The van der Waals surface area contributed by atoms with E-state index in [1.807, 2.05) is 0 Å². The minimum atomic E-state index is -0.608. The van der Waals surface area contributed by atoms with Gasteiger partial charge in [-0.2, -0.15) is 0 Å². The molecule has 2 aromatic rings. The third kappa shape index (κ3) is 1.48. The summed E-state index contributed by atoms with van der Waals surface area (Å²) in [7, 11) is 0. The first-order valence-corrected chi connectivity index (χ1v) is 4.46. The van der Waals surface area contributed by atoms with Crippen molar-refractivity contribution in [3.8, 4) is 5.69 Å². The molecule has 72 valence electrons. The van der Waals surface area contributed by atoms with E-state index >= 15 is 0 Å². The quantitative estimate of drug-likeness (QED) is 0.783. The Morgan fingerprint density at radius 3 is 2.86 bits per heavy atom. The van der Waals surface area contributed by atoms with Gasteiger partial charge in [-0.05, 0) is 34.1 Å². The Labute approximate surface area is 86.1 Å². The Morgan fingerprint density at radius 2 is 2.29 bits per heavy atom. The zero-order valence-corrected chi connectivity index (χ0v) is 8.36. The van der Waals surface area contributed by atoms with Crippen LogP contribution in [0, 0.1) is 5.82 Å². The molecule has 14 heavy (non-hydrogen) atoms. The molecule has 0 saturated heterocycles. The third-order valence-electron chi connectivity index (χ3n) is 1.67. The van der Waals surface area contributed by atoms with Crippen LogP contribution in [0.5, 0.6) is 0 Å². The van der Waals surface area contributed by atoms with Crippen LogP contribution < -0.4 is 5.76 Å². The van der Waals surface area contributed by atoms with Crippen molar-refractivity contribution in [1.29, 1.82) is 0 Å². The van der Waals surface area contributed by atoms with Crippen molar-refractivity contribution >= 4 is 15.9 Å². The van der Waals surface area contributed by atoms with Crippen molar-refractivity contribution in [2.75, 3.05) is 0 Å². The van der Waals surface area contributed by atoms with Crippen LogP contribution in [0.25, 0.3) is 5.69 Å². The molecule has 0 amide bonds.